The molecule has 7 heteroatoms. The lowest BCUT2D eigenvalue weighted by Gasteiger charge is -2.29. The molecule has 1 saturated heterocycles. The van der Waals surface area contributed by atoms with Gasteiger partial charge in [-0.3, -0.25) is 4.79 Å². The number of likely N-dealkylation sites (tertiary alicyclic amines) is 1. The van der Waals surface area contributed by atoms with Crippen LogP contribution in [0.4, 0.5) is 5.82 Å². The molecule has 0 radical (unpaired) electrons. The molecule has 3 heterocycles. The van der Waals surface area contributed by atoms with Gasteiger partial charge < -0.3 is 10.2 Å². The highest BCUT2D eigenvalue weighted by Crippen LogP contribution is 2.26. The third-order valence-corrected chi connectivity index (χ3v) is 5.83. The number of piperidine rings is 1. The number of thiazole rings is 1. The molecule has 2 aromatic heterocycles. The molecule has 0 aliphatic carbocycles. The van der Waals surface area contributed by atoms with Crippen molar-refractivity contribution in [3.05, 3.63) is 53.7 Å². The molecule has 0 bridgehead atoms. The van der Waals surface area contributed by atoms with E-state index in [1.807, 2.05) is 46.5 Å². The van der Waals surface area contributed by atoms with E-state index in [2.05, 4.69) is 27.3 Å². The van der Waals surface area contributed by atoms with E-state index in [9.17, 15) is 4.79 Å². The molecule has 3 aromatic rings. The highest BCUT2D eigenvalue weighted by molar-refractivity contribution is 7.13. The molecule has 1 aromatic carbocycles. The van der Waals surface area contributed by atoms with Crippen molar-refractivity contribution in [2.75, 3.05) is 25.5 Å². The van der Waals surface area contributed by atoms with E-state index in [1.54, 1.807) is 17.5 Å². The number of amides is 1. The van der Waals surface area contributed by atoms with E-state index in [0.29, 0.717) is 6.04 Å². The van der Waals surface area contributed by atoms with Gasteiger partial charge in [0.15, 0.2) is 0 Å². The summed E-state index contributed by atoms with van der Waals surface area (Å²) in [5.41, 5.74) is 1.87. The molecule has 140 valence electrons. The first-order valence-corrected chi connectivity index (χ1v) is 10.1. The van der Waals surface area contributed by atoms with Crippen LogP contribution in [0, 0.1) is 0 Å². The average molecular weight is 382 g/mol. The van der Waals surface area contributed by atoms with Crippen molar-refractivity contribution < 1.29 is 4.79 Å². The topological polar surface area (TPSA) is 63.1 Å². The van der Waals surface area contributed by atoms with Crippen molar-refractivity contribution in [1.82, 2.24) is 19.7 Å². The minimum atomic E-state index is -0.0606. The zero-order chi connectivity index (χ0) is 18.6. The molecule has 0 atom stereocenters. The van der Waals surface area contributed by atoms with Crippen molar-refractivity contribution in [1.29, 1.82) is 0 Å². The van der Waals surface area contributed by atoms with E-state index < -0.39 is 0 Å². The van der Waals surface area contributed by atoms with Crippen LogP contribution in [0.5, 0.6) is 0 Å². The zero-order valence-corrected chi connectivity index (χ0v) is 16.2. The predicted octanol–water partition coefficient (Wildman–Crippen LogP) is 3.45. The number of nitrogens with zero attached hydrogens (tertiary/aromatic N) is 4. The van der Waals surface area contributed by atoms with Crippen LogP contribution < -0.4 is 5.32 Å². The molecule has 27 heavy (non-hydrogen) atoms. The third-order valence-electron chi connectivity index (χ3n) is 4.89. The van der Waals surface area contributed by atoms with Gasteiger partial charge in [-0.05, 0) is 33.0 Å². The Hall–Kier alpha value is -2.51. The van der Waals surface area contributed by atoms with Gasteiger partial charge >= 0.3 is 0 Å². The summed E-state index contributed by atoms with van der Waals surface area (Å²) in [6, 6.07) is 12.2. The van der Waals surface area contributed by atoms with E-state index in [4.69, 9.17) is 0 Å². The van der Waals surface area contributed by atoms with Gasteiger partial charge in [0.25, 0.3) is 0 Å². The molecule has 1 aliphatic rings. The largest absolute Gasteiger partial charge is 0.311 e. The number of anilines is 1. The summed E-state index contributed by atoms with van der Waals surface area (Å²) >= 11 is 1.57. The van der Waals surface area contributed by atoms with Crippen LogP contribution in [0.3, 0.4) is 0 Å². The van der Waals surface area contributed by atoms with E-state index >= 15 is 0 Å². The number of carbonyl (C=O) groups is 1. The lowest BCUT2D eigenvalue weighted by Crippen LogP contribution is -2.32. The Morgan fingerprint density at radius 1 is 1.22 bits per heavy atom. The summed E-state index contributed by atoms with van der Waals surface area (Å²) in [7, 11) is 2.14. The zero-order valence-electron chi connectivity index (χ0n) is 15.3. The smallest absolute Gasteiger partial charge is 0.231 e. The summed E-state index contributed by atoms with van der Waals surface area (Å²) in [5, 5.41) is 10.3. The quantitative estimate of drug-likeness (QED) is 0.735. The highest BCUT2D eigenvalue weighted by atomic mass is 32.1. The number of hydrogen-bond donors (Lipinski definition) is 1. The molecule has 1 N–H and O–H groups in total. The number of rotatable bonds is 5. The average Bonchev–Trinajstić information content (AvgIpc) is 3.33. The standard InChI is InChI=1S/C20H23N5OS/c1-24-11-8-17(9-12-24)25-18(7-10-21-25)23-19(26)13-16-14-27-20(22-16)15-5-3-2-4-6-15/h2-7,10,14,17H,8-9,11-13H2,1H3,(H,23,26). The van der Waals surface area contributed by atoms with Gasteiger partial charge in [-0.2, -0.15) is 5.10 Å². The van der Waals surface area contributed by atoms with Gasteiger partial charge in [-0.15, -0.1) is 11.3 Å². The Kier molecular flexibility index (Phi) is 5.31. The Morgan fingerprint density at radius 2 is 2.00 bits per heavy atom. The molecule has 0 spiro atoms. The van der Waals surface area contributed by atoms with Crippen molar-refractivity contribution >= 4 is 23.1 Å². The third kappa shape index (κ3) is 4.26. The molecule has 0 unspecified atom stereocenters. The number of nitrogens with one attached hydrogen (secondary N) is 1. The van der Waals surface area contributed by atoms with Gasteiger partial charge in [-0.25, -0.2) is 9.67 Å². The molecule has 1 fully saturated rings. The normalized spacial score (nSPS) is 15.7. The van der Waals surface area contributed by atoms with Crippen LogP contribution in [-0.4, -0.2) is 45.7 Å². The molecule has 1 aliphatic heterocycles. The van der Waals surface area contributed by atoms with Gasteiger partial charge in [0.1, 0.15) is 10.8 Å². The van der Waals surface area contributed by atoms with Crippen LogP contribution in [-0.2, 0) is 11.2 Å². The lowest BCUT2D eigenvalue weighted by molar-refractivity contribution is -0.115. The molecular formula is C20H23N5OS. The monoisotopic (exact) mass is 381 g/mol. The summed E-state index contributed by atoms with van der Waals surface area (Å²) in [6.07, 6.45) is 4.12. The maximum absolute atomic E-state index is 12.5. The first-order chi connectivity index (χ1) is 13.2. The maximum Gasteiger partial charge on any atom is 0.231 e. The number of carbonyl (C=O) groups excluding carboxylic acids is 1. The fourth-order valence-electron chi connectivity index (χ4n) is 3.40. The highest BCUT2D eigenvalue weighted by Gasteiger charge is 2.21. The van der Waals surface area contributed by atoms with Gasteiger partial charge in [0.05, 0.1) is 24.4 Å². The second kappa shape index (κ2) is 8.02. The summed E-state index contributed by atoms with van der Waals surface area (Å²) in [4.78, 5) is 19.4. The van der Waals surface area contributed by atoms with Gasteiger partial charge in [0, 0.05) is 17.0 Å². The molecule has 0 saturated carbocycles. The summed E-state index contributed by atoms with van der Waals surface area (Å²) in [5.74, 6) is 0.711. The van der Waals surface area contributed by atoms with Crippen molar-refractivity contribution in [3.63, 3.8) is 0 Å². The molecular weight excluding hydrogens is 358 g/mol. The van der Waals surface area contributed by atoms with Crippen LogP contribution >= 0.6 is 11.3 Å². The Labute approximate surface area is 162 Å². The summed E-state index contributed by atoms with van der Waals surface area (Å²) in [6.45, 7) is 2.11. The van der Waals surface area contributed by atoms with E-state index in [1.165, 1.54) is 0 Å². The lowest BCUT2D eigenvalue weighted by atomic mass is 10.1. The summed E-state index contributed by atoms with van der Waals surface area (Å²) < 4.78 is 1.96. The van der Waals surface area contributed by atoms with Crippen LogP contribution in [0.1, 0.15) is 24.6 Å². The SMILES string of the molecule is CN1CCC(n2nccc2NC(=O)Cc2csc(-c3ccccc3)n2)CC1. The first kappa shape index (κ1) is 17.9. The van der Waals surface area contributed by atoms with Crippen molar-refractivity contribution in [2.45, 2.75) is 25.3 Å². The second-order valence-corrected chi connectivity index (χ2v) is 7.79. The fraction of sp³-hybridized carbons (Fsp3) is 0.350. The fourth-order valence-corrected chi connectivity index (χ4v) is 4.22. The number of benzene rings is 1. The van der Waals surface area contributed by atoms with E-state index in [-0.39, 0.29) is 12.3 Å². The number of hydrogen-bond acceptors (Lipinski definition) is 5. The Bertz CT molecular complexity index is 896. The molecule has 6 nitrogen and oxygen atoms in total. The minimum Gasteiger partial charge on any atom is -0.311 e. The van der Waals surface area contributed by atoms with E-state index in [0.717, 1.165) is 48.0 Å². The predicted molar refractivity (Wildman–Crippen MR) is 108 cm³/mol. The van der Waals surface area contributed by atoms with Gasteiger partial charge in [-0.1, -0.05) is 30.3 Å². The van der Waals surface area contributed by atoms with Crippen LogP contribution in [0.2, 0.25) is 0 Å². The van der Waals surface area contributed by atoms with Crippen molar-refractivity contribution in [2.24, 2.45) is 0 Å². The van der Waals surface area contributed by atoms with Crippen molar-refractivity contribution in [3.8, 4) is 10.6 Å². The Balaban J connectivity index is 1.39. The Morgan fingerprint density at radius 3 is 2.78 bits per heavy atom. The van der Waals surface area contributed by atoms with Gasteiger partial charge in [0.2, 0.25) is 5.91 Å². The molecule has 1 amide bonds. The van der Waals surface area contributed by atoms with Crippen LogP contribution in [0.25, 0.3) is 10.6 Å². The number of aromatic nitrogens is 3. The first-order valence-electron chi connectivity index (χ1n) is 9.21. The molecule has 4 rings (SSSR count). The van der Waals surface area contributed by atoms with Crippen LogP contribution in [0.15, 0.2) is 48.0 Å². The maximum atomic E-state index is 12.5. The second-order valence-electron chi connectivity index (χ2n) is 6.93. The minimum absolute atomic E-state index is 0.0606.